The summed E-state index contributed by atoms with van der Waals surface area (Å²) in [4.78, 5) is 2.74. The van der Waals surface area contributed by atoms with Crippen LogP contribution in [0.15, 0.2) is 11.8 Å². The summed E-state index contributed by atoms with van der Waals surface area (Å²) >= 11 is 0. The Labute approximate surface area is 200 Å². The molecular formula is C31H53N. The molecule has 5 aliphatic rings. The van der Waals surface area contributed by atoms with Crippen LogP contribution in [0, 0.1) is 52.3 Å². The first kappa shape index (κ1) is 23.3. The molecule has 0 aromatic rings. The predicted octanol–water partition coefficient (Wildman–Crippen LogP) is 8.70. The van der Waals surface area contributed by atoms with Gasteiger partial charge in [-0.1, -0.05) is 60.0 Å². The fourth-order valence-electron chi connectivity index (χ4n) is 10.1. The van der Waals surface area contributed by atoms with E-state index >= 15 is 0 Å². The second kappa shape index (κ2) is 8.96. The van der Waals surface area contributed by atoms with Crippen LogP contribution < -0.4 is 0 Å². The maximum absolute atomic E-state index is 2.76. The normalized spacial score (nSPS) is 44.8. The molecule has 0 amide bonds. The molecule has 1 nitrogen and oxygen atoms in total. The minimum Gasteiger partial charge on any atom is -0.375 e. The lowest BCUT2D eigenvalue weighted by Crippen LogP contribution is -2.53. The third kappa shape index (κ3) is 3.90. The van der Waals surface area contributed by atoms with Crippen LogP contribution in [0.3, 0.4) is 0 Å². The molecule has 32 heavy (non-hydrogen) atoms. The fraction of sp³-hybridized carbons (Fsp3) is 0.935. The van der Waals surface area contributed by atoms with Gasteiger partial charge < -0.3 is 4.90 Å². The van der Waals surface area contributed by atoms with Crippen LogP contribution in [-0.2, 0) is 0 Å². The van der Waals surface area contributed by atoms with E-state index in [0.29, 0.717) is 10.8 Å². The van der Waals surface area contributed by atoms with E-state index in [-0.39, 0.29) is 0 Å². The van der Waals surface area contributed by atoms with E-state index in [1.54, 1.807) is 18.5 Å². The minimum atomic E-state index is 0.592. The van der Waals surface area contributed by atoms with Crippen LogP contribution in [0.25, 0.3) is 0 Å². The molecule has 1 saturated heterocycles. The zero-order valence-electron chi connectivity index (χ0n) is 22.2. The van der Waals surface area contributed by atoms with Crippen molar-refractivity contribution in [1.82, 2.24) is 4.90 Å². The minimum absolute atomic E-state index is 0.592. The second-order valence-corrected chi connectivity index (χ2v) is 14.0. The Morgan fingerprint density at radius 3 is 2.41 bits per heavy atom. The predicted molar refractivity (Wildman–Crippen MR) is 137 cm³/mol. The van der Waals surface area contributed by atoms with Gasteiger partial charge in [0.25, 0.3) is 0 Å². The van der Waals surface area contributed by atoms with Crippen molar-refractivity contribution in [2.24, 2.45) is 52.3 Å². The molecule has 1 heterocycles. The van der Waals surface area contributed by atoms with Gasteiger partial charge in [0.15, 0.2) is 0 Å². The summed E-state index contributed by atoms with van der Waals surface area (Å²) in [7, 11) is 0. The van der Waals surface area contributed by atoms with Gasteiger partial charge in [-0.25, -0.2) is 0 Å². The van der Waals surface area contributed by atoms with E-state index < -0.39 is 0 Å². The second-order valence-electron chi connectivity index (χ2n) is 14.0. The van der Waals surface area contributed by atoms with Gasteiger partial charge in [0.2, 0.25) is 0 Å². The van der Waals surface area contributed by atoms with Gasteiger partial charge in [0.05, 0.1) is 0 Å². The highest BCUT2D eigenvalue weighted by molar-refractivity contribution is 5.17. The van der Waals surface area contributed by atoms with Gasteiger partial charge >= 0.3 is 0 Å². The monoisotopic (exact) mass is 439 g/mol. The molecule has 3 saturated carbocycles. The average molecular weight is 440 g/mol. The summed E-state index contributed by atoms with van der Waals surface area (Å²) in [6, 6.07) is 0. The molecule has 1 unspecified atom stereocenters. The van der Waals surface area contributed by atoms with Gasteiger partial charge in [-0.3, -0.25) is 0 Å². The third-order valence-corrected chi connectivity index (χ3v) is 12.0. The standard InChI is InChI=1S/C31H53N/c1-22(2)9-8-10-23(3)27-13-14-28-26-12-11-24-21-25(32-19-6-7-20-32)15-17-30(24,4)29(26)16-18-31(27,28)5/h15,22-24,26-29H,6-14,16-21H2,1-5H3/t23-,24?,26+,27-,28+,29+,30+,31-/m1/s1. The smallest absolute Gasteiger partial charge is 0.0175 e. The van der Waals surface area contributed by atoms with E-state index in [2.05, 4.69) is 45.6 Å². The van der Waals surface area contributed by atoms with Crippen molar-refractivity contribution in [3.8, 4) is 0 Å². The molecule has 1 heteroatoms. The van der Waals surface area contributed by atoms with Gasteiger partial charge in [0, 0.05) is 18.8 Å². The lowest BCUT2D eigenvalue weighted by Gasteiger charge is -2.60. The summed E-state index contributed by atoms with van der Waals surface area (Å²) in [6.45, 7) is 15.6. The van der Waals surface area contributed by atoms with E-state index in [0.717, 1.165) is 41.4 Å². The largest absolute Gasteiger partial charge is 0.375 e. The molecule has 8 atom stereocenters. The molecule has 4 aliphatic carbocycles. The highest BCUT2D eigenvalue weighted by Crippen LogP contribution is 2.68. The van der Waals surface area contributed by atoms with Crippen LogP contribution in [0.1, 0.15) is 118 Å². The van der Waals surface area contributed by atoms with Crippen molar-refractivity contribution < 1.29 is 0 Å². The van der Waals surface area contributed by atoms with Crippen molar-refractivity contribution >= 4 is 0 Å². The molecule has 4 fully saturated rings. The topological polar surface area (TPSA) is 3.24 Å². The Morgan fingerprint density at radius 1 is 0.906 bits per heavy atom. The van der Waals surface area contributed by atoms with Crippen LogP contribution in [0.2, 0.25) is 0 Å². The number of rotatable bonds is 6. The van der Waals surface area contributed by atoms with Gasteiger partial charge in [-0.15, -0.1) is 0 Å². The number of likely N-dealkylation sites (tertiary alicyclic amines) is 1. The Morgan fingerprint density at radius 2 is 1.66 bits per heavy atom. The molecule has 0 aromatic carbocycles. The van der Waals surface area contributed by atoms with Crippen LogP contribution >= 0.6 is 0 Å². The maximum atomic E-state index is 2.76. The Balaban J connectivity index is 1.28. The molecule has 0 bridgehead atoms. The molecule has 0 aromatic heterocycles. The van der Waals surface area contributed by atoms with Crippen LogP contribution in [-0.4, -0.2) is 18.0 Å². The number of hydrogen-bond acceptors (Lipinski definition) is 1. The third-order valence-electron chi connectivity index (χ3n) is 12.0. The molecule has 0 N–H and O–H groups in total. The maximum Gasteiger partial charge on any atom is 0.0175 e. The SMILES string of the molecule is CC(C)CCC[C@@H](C)[C@H]1CC[C@H]2[C@@H]3CCC4CC(N5CCCC5)=CC[C@]4(C)[C@H]3CC[C@]12C. The highest BCUT2D eigenvalue weighted by Gasteiger charge is 2.60. The van der Waals surface area contributed by atoms with E-state index in [4.69, 9.17) is 0 Å². The summed E-state index contributed by atoms with van der Waals surface area (Å²) < 4.78 is 0. The van der Waals surface area contributed by atoms with Crippen LogP contribution in [0.5, 0.6) is 0 Å². The molecule has 182 valence electrons. The van der Waals surface area contributed by atoms with Crippen molar-refractivity contribution in [3.63, 3.8) is 0 Å². The Kier molecular flexibility index (Phi) is 6.52. The molecule has 0 spiro atoms. The van der Waals surface area contributed by atoms with E-state index in [1.807, 2.05) is 0 Å². The number of hydrogen-bond donors (Lipinski definition) is 0. The molecule has 1 aliphatic heterocycles. The van der Waals surface area contributed by atoms with Crippen molar-refractivity contribution in [2.45, 2.75) is 118 Å². The summed E-state index contributed by atoms with van der Waals surface area (Å²) in [5.41, 5.74) is 2.97. The Bertz CT molecular complexity index is 687. The first-order chi connectivity index (χ1) is 15.3. The van der Waals surface area contributed by atoms with Gasteiger partial charge in [0.1, 0.15) is 0 Å². The lowest BCUT2D eigenvalue weighted by molar-refractivity contribution is -0.103. The zero-order valence-corrected chi connectivity index (χ0v) is 22.2. The summed E-state index contributed by atoms with van der Waals surface area (Å²) in [5.74, 6) is 6.83. The first-order valence-corrected chi connectivity index (χ1v) is 14.8. The zero-order chi connectivity index (χ0) is 22.5. The fourth-order valence-corrected chi connectivity index (χ4v) is 10.1. The lowest BCUT2D eigenvalue weighted by atomic mass is 9.45. The molecule has 0 radical (unpaired) electrons. The van der Waals surface area contributed by atoms with Gasteiger partial charge in [-0.05, 0) is 116 Å². The van der Waals surface area contributed by atoms with E-state index in [1.165, 1.54) is 83.7 Å². The number of allylic oxidation sites excluding steroid dienone is 2. The Hall–Kier alpha value is -0.460. The summed E-state index contributed by atoms with van der Waals surface area (Å²) in [6.07, 6.45) is 21.9. The number of fused-ring (bicyclic) bond motifs is 5. The van der Waals surface area contributed by atoms with E-state index in [9.17, 15) is 0 Å². The van der Waals surface area contributed by atoms with Crippen LogP contribution in [0.4, 0.5) is 0 Å². The van der Waals surface area contributed by atoms with Crippen molar-refractivity contribution in [1.29, 1.82) is 0 Å². The molecular weight excluding hydrogens is 386 g/mol. The van der Waals surface area contributed by atoms with Gasteiger partial charge in [-0.2, -0.15) is 0 Å². The summed E-state index contributed by atoms with van der Waals surface area (Å²) in [5, 5.41) is 0. The molecule has 5 rings (SSSR count). The number of nitrogens with zero attached hydrogens (tertiary/aromatic N) is 1. The van der Waals surface area contributed by atoms with Crippen molar-refractivity contribution in [2.75, 3.05) is 13.1 Å². The first-order valence-electron chi connectivity index (χ1n) is 14.8. The van der Waals surface area contributed by atoms with Crippen molar-refractivity contribution in [3.05, 3.63) is 11.8 Å². The average Bonchev–Trinajstić information content (AvgIpc) is 3.40. The highest BCUT2D eigenvalue weighted by atomic mass is 15.1. The quantitative estimate of drug-likeness (QED) is 0.400.